The molecule has 1 N–H and O–H groups in total. The van der Waals surface area contributed by atoms with Gasteiger partial charge in [0.2, 0.25) is 0 Å². The summed E-state index contributed by atoms with van der Waals surface area (Å²) in [5, 5.41) is 3.20. The number of hydrogen-bond donors (Lipinski definition) is 1. The minimum absolute atomic E-state index is 0.811. The van der Waals surface area contributed by atoms with Crippen LogP contribution in [-0.2, 0) is 0 Å². The van der Waals surface area contributed by atoms with Gasteiger partial charge in [0.15, 0.2) is 0 Å². The Morgan fingerprint density at radius 1 is 1.54 bits per heavy atom. The molecule has 0 radical (unpaired) electrons. The number of nitrogens with one attached hydrogen (secondary N) is 1. The first-order chi connectivity index (χ1) is 6.33. The molecule has 1 rings (SSSR count). The van der Waals surface area contributed by atoms with Gasteiger partial charge in [-0.2, -0.15) is 0 Å². The van der Waals surface area contributed by atoms with Crippen molar-refractivity contribution < 1.29 is 0 Å². The molecule has 0 saturated carbocycles. The molecule has 0 saturated heterocycles. The summed E-state index contributed by atoms with van der Waals surface area (Å²) in [5.74, 6) is 0.811. The average Bonchev–Trinajstić information content (AvgIpc) is 2.13. The van der Waals surface area contributed by atoms with Crippen molar-refractivity contribution in [1.82, 2.24) is 15.3 Å². The number of aryl methyl sites for hydroxylation is 1. The summed E-state index contributed by atoms with van der Waals surface area (Å²) in [6.45, 7) is 5.86. The minimum atomic E-state index is 0.811. The van der Waals surface area contributed by atoms with Crippen LogP contribution >= 0.6 is 0 Å². The van der Waals surface area contributed by atoms with Gasteiger partial charge in [0, 0.05) is 12.7 Å². The van der Waals surface area contributed by atoms with Crippen LogP contribution in [0.25, 0.3) is 6.08 Å². The summed E-state index contributed by atoms with van der Waals surface area (Å²) in [6, 6.07) is 1.90. The third-order valence-corrected chi connectivity index (χ3v) is 1.60. The van der Waals surface area contributed by atoms with E-state index in [9.17, 15) is 0 Å². The molecule has 0 atom stereocenters. The molecular weight excluding hydrogens is 162 g/mol. The van der Waals surface area contributed by atoms with Crippen molar-refractivity contribution in [2.75, 3.05) is 13.1 Å². The van der Waals surface area contributed by atoms with Crippen LogP contribution in [-0.4, -0.2) is 23.1 Å². The molecule has 0 amide bonds. The SMILES string of the molecule is CCNC/C=C/c1ccnc(C)n1. The van der Waals surface area contributed by atoms with Gasteiger partial charge in [0.05, 0.1) is 5.69 Å². The second-order valence-corrected chi connectivity index (χ2v) is 2.74. The Labute approximate surface area is 78.9 Å². The fraction of sp³-hybridized carbons (Fsp3) is 0.400. The summed E-state index contributed by atoms with van der Waals surface area (Å²) in [6.07, 6.45) is 5.83. The van der Waals surface area contributed by atoms with Crippen LogP contribution < -0.4 is 5.32 Å². The molecule has 0 unspecified atom stereocenters. The van der Waals surface area contributed by atoms with Crippen molar-refractivity contribution >= 4 is 6.08 Å². The lowest BCUT2D eigenvalue weighted by Crippen LogP contribution is -2.11. The standard InChI is InChI=1S/C10H15N3/c1-3-11-7-4-5-10-6-8-12-9(2)13-10/h4-6,8,11H,3,7H2,1-2H3/b5-4+. The molecule has 0 aliphatic carbocycles. The van der Waals surface area contributed by atoms with Crippen molar-refractivity contribution in [1.29, 1.82) is 0 Å². The lowest BCUT2D eigenvalue weighted by molar-refractivity contribution is 0.801. The van der Waals surface area contributed by atoms with Gasteiger partial charge in [-0.25, -0.2) is 9.97 Å². The van der Waals surface area contributed by atoms with Crippen molar-refractivity contribution in [3.63, 3.8) is 0 Å². The predicted molar refractivity (Wildman–Crippen MR) is 54.3 cm³/mol. The number of rotatable bonds is 4. The van der Waals surface area contributed by atoms with Crippen molar-refractivity contribution in [3.8, 4) is 0 Å². The first-order valence-electron chi connectivity index (χ1n) is 4.50. The summed E-state index contributed by atoms with van der Waals surface area (Å²) >= 11 is 0. The molecule has 13 heavy (non-hydrogen) atoms. The maximum absolute atomic E-state index is 4.25. The van der Waals surface area contributed by atoms with Gasteiger partial charge in [-0.1, -0.05) is 13.0 Å². The van der Waals surface area contributed by atoms with Crippen LogP contribution in [0.1, 0.15) is 18.4 Å². The van der Waals surface area contributed by atoms with E-state index >= 15 is 0 Å². The van der Waals surface area contributed by atoms with Gasteiger partial charge >= 0.3 is 0 Å². The highest BCUT2D eigenvalue weighted by molar-refractivity contribution is 5.43. The van der Waals surface area contributed by atoms with Gasteiger partial charge in [-0.15, -0.1) is 0 Å². The molecular formula is C10H15N3. The first kappa shape index (κ1) is 9.86. The minimum Gasteiger partial charge on any atom is -0.314 e. The zero-order valence-corrected chi connectivity index (χ0v) is 8.12. The van der Waals surface area contributed by atoms with E-state index in [0.29, 0.717) is 0 Å². The van der Waals surface area contributed by atoms with E-state index in [1.165, 1.54) is 0 Å². The number of aromatic nitrogens is 2. The summed E-state index contributed by atoms with van der Waals surface area (Å²) < 4.78 is 0. The second kappa shape index (κ2) is 5.43. The molecule has 0 bridgehead atoms. The quantitative estimate of drug-likeness (QED) is 0.706. The van der Waals surface area contributed by atoms with E-state index in [4.69, 9.17) is 0 Å². The van der Waals surface area contributed by atoms with E-state index in [2.05, 4.69) is 28.3 Å². The highest BCUT2D eigenvalue weighted by Crippen LogP contribution is 1.96. The van der Waals surface area contributed by atoms with Crippen molar-refractivity contribution in [2.45, 2.75) is 13.8 Å². The van der Waals surface area contributed by atoms with Crippen molar-refractivity contribution in [2.24, 2.45) is 0 Å². The van der Waals surface area contributed by atoms with Crippen LogP contribution in [0.5, 0.6) is 0 Å². The zero-order chi connectivity index (χ0) is 9.52. The molecule has 1 heterocycles. The lowest BCUT2D eigenvalue weighted by atomic mass is 10.3. The highest BCUT2D eigenvalue weighted by atomic mass is 14.9. The molecule has 0 aromatic carbocycles. The number of likely N-dealkylation sites (N-methyl/N-ethyl adjacent to an activating group) is 1. The lowest BCUT2D eigenvalue weighted by Gasteiger charge is -1.95. The van der Waals surface area contributed by atoms with E-state index in [1.54, 1.807) is 6.20 Å². The monoisotopic (exact) mass is 177 g/mol. The van der Waals surface area contributed by atoms with E-state index < -0.39 is 0 Å². The van der Waals surface area contributed by atoms with E-state index in [1.807, 2.05) is 19.1 Å². The van der Waals surface area contributed by atoms with Gasteiger partial charge in [-0.05, 0) is 25.6 Å². The summed E-state index contributed by atoms with van der Waals surface area (Å²) in [5.41, 5.74) is 0.963. The average molecular weight is 177 g/mol. The highest BCUT2D eigenvalue weighted by Gasteiger charge is 1.88. The molecule has 3 nitrogen and oxygen atoms in total. The summed E-state index contributed by atoms with van der Waals surface area (Å²) in [7, 11) is 0. The fourth-order valence-corrected chi connectivity index (χ4v) is 0.975. The van der Waals surface area contributed by atoms with Gasteiger partial charge < -0.3 is 5.32 Å². The zero-order valence-electron chi connectivity index (χ0n) is 8.12. The fourth-order valence-electron chi connectivity index (χ4n) is 0.975. The Morgan fingerprint density at radius 3 is 3.08 bits per heavy atom. The van der Waals surface area contributed by atoms with Crippen molar-refractivity contribution in [3.05, 3.63) is 29.9 Å². The smallest absolute Gasteiger partial charge is 0.125 e. The Hall–Kier alpha value is -1.22. The summed E-state index contributed by atoms with van der Waals surface area (Å²) in [4.78, 5) is 8.27. The maximum atomic E-state index is 4.25. The topological polar surface area (TPSA) is 37.8 Å². The van der Waals surface area contributed by atoms with E-state index in [-0.39, 0.29) is 0 Å². The van der Waals surface area contributed by atoms with Gasteiger partial charge in [-0.3, -0.25) is 0 Å². The molecule has 0 aliphatic rings. The largest absolute Gasteiger partial charge is 0.314 e. The first-order valence-corrected chi connectivity index (χ1v) is 4.50. The Morgan fingerprint density at radius 2 is 2.38 bits per heavy atom. The third-order valence-electron chi connectivity index (χ3n) is 1.60. The van der Waals surface area contributed by atoms with Crippen LogP contribution in [0.3, 0.4) is 0 Å². The molecule has 0 aliphatic heterocycles. The molecule has 0 fully saturated rings. The maximum Gasteiger partial charge on any atom is 0.125 e. The molecule has 1 aromatic rings. The molecule has 3 heteroatoms. The van der Waals surface area contributed by atoms with Crippen LogP contribution in [0.15, 0.2) is 18.3 Å². The van der Waals surface area contributed by atoms with Crippen LogP contribution in [0, 0.1) is 6.92 Å². The van der Waals surface area contributed by atoms with Gasteiger partial charge in [0.25, 0.3) is 0 Å². The molecule has 1 aromatic heterocycles. The van der Waals surface area contributed by atoms with E-state index in [0.717, 1.165) is 24.6 Å². The predicted octanol–water partition coefficient (Wildman–Crippen LogP) is 1.41. The Bertz CT molecular complexity index is 281. The molecule has 0 spiro atoms. The normalized spacial score (nSPS) is 10.9. The number of hydrogen-bond acceptors (Lipinski definition) is 3. The van der Waals surface area contributed by atoms with Crippen LogP contribution in [0.4, 0.5) is 0 Å². The Balaban J connectivity index is 2.48. The number of nitrogens with zero attached hydrogens (tertiary/aromatic N) is 2. The third kappa shape index (κ3) is 3.80. The Kier molecular flexibility index (Phi) is 4.12. The van der Waals surface area contributed by atoms with Crippen LogP contribution in [0.2, 0.25) is 0 Å². The molecule has 70 valence electrons. The second-order valence-electron chi connectivity index (χ2n) is 2.74. The van der Waals surface area contributed by atoms with Gasteiger partial charge in [0.1, 0.15) is 5.82 Å².